The molecular weight excluding hydrogens is 264 g/mol. The molecule has 0 aliphatic heterocycles. The van der Waals surface area contributed by atoms with Gasteiger partial charge in [-0.05, 0) is 39.5 Å². The number of aliphatic carboxylic acids is 1. The van der Waals surface area contributed by atoms with Gasteiger partial charge < -0.3 is 10.2 Å². The van der Waals surface area contributed by atoms with Crippen LogP contribution in [0, 0.1) is 0 Å². The minimum Gasteiger partial charge on any atom is -0.508 e. The number of benzene rings is 1. The van der Waals surface area contributed by atoms with Crippen molar-refractivity contribution < 1.29 is 15.0 Å². The van der Waals surface area contributed by atoms with E-state index in [0.29, 0.717) is 5.75 Å². The number of aromatic hydroxyl groups is 1. The molecule has 0 aliphatic carbocycles. The molecule has 1 unspecified atom stereocenters. The van der Waals surface area contributed by atoms with Crippen LogP contribution in [0.25, 0.3) is 0 Å². The summed E-state index contributed by atoms with van der Waals surface area (Å²) in [5.41, 5.74) is 2.57. The van der Waals surface area contributed by atoms with Crippen LogP contribution < -0.4 is 0 Å². The summed E-state index contributed by atoms with van der Waals surface area (Å²) in [6.07, 6.45) is 0.0947. The lowest BCUT2D eigenvalue weighted by Crippen LogP contribution is -2.19. The average Bonchev–Trinajstić information content (AvgIpc) is 2.24. The van der Waals surface area contributed by atoms with Gasteiger partial charge in [0.25, 0.3) is 0 Å². The molecule has 0 fully saturated rings. The number of carboxylic acid groups (broad SMARTS) is 1. The Balaban J connectivity index is 3.52. The van der Waals surface area contributed by atoms with Crippen molar-refractivity contribution in [1.29, 1.82) is 0 Å². The van der Waals surface area contributed by atoms with E-state index >= 15 is 0 Å². The summed E-state index contributed by atoms with van der Waals surface area (Å²) in [6, 6.07) is 3.80. The largest absolute Gasteiger partial charge is 0.508 e. The molecule has 1 aromatic rings. The molecule has 0 spiro atoms. The van der Waals surface area contributed by atoms with Crippen LogP contribution in [0.1, 0.15) is 77.5 Å². The zero-order valence-electron chi connectivity index (χ0n) is 14.2. The second-order valence-electron chi connectivity index (χ2n) is 7.96. The molecule has 0 aliphatic rings. The van der Waals surface area contributed by atoms with Gasteiger partial charge in [0.15, 0.2) is 0 Å². The Hall–Kier alpha value is -1.51. The number of hydrogen-bond acceptors (Lipinski definition) is 2. The Morgan fingerprint density at radius 3 is 1.90 bits per heavy atom. The molecule has 21 heavy (non-hydrogen) atoms. The third-order valence-electron chi connectivity index (χ3n) is 3.80. The summed E-state index contributed by atoms with van der Waals surface area (Å²) in [5, 5.41) is 19.4. The van der Waals surface area contributed by atoms with Crippen LogP contribution in [0.4, 0.5) is 0 Å². The quantitative estimate of drug-likeness (QED) is 0.858. The van der Waals surface area contributed by atoms with Crippen molar-refractivity contribution in [3.05, 3.63) is 28.8 Å². The highest BCUT2D eigenvalue weighted by Gasteiger charge is 2.27. The Kier molecular flexibility index (Phi) is 4.76. The summed E-state index contributed by atoms with van der Waals surface area (Å²) in [7, 11) is 0. The minimum atomic E-state index is -0.798. The molecule has 0 saturated heterocycles. The third kappa shape index (κ3) is 4.23. The molecule has 0 bridgehead atoms. The third-order valence-corrected chi connectivity index (χ3v) is 3.80. The molecule has 118 valence electrons. The van der Waals surface area contributed by atoms with Gasteiger partial charge in [-0.25, -0.2) is 0 Å². The molecule has 1 atom stereocenters. The van der Waals surface area contributed by atoms with Gasteiger partial charge >= 0.3 is 5.97 Å². The fourth-order valence-corrected chi connectivity index (χ4v) is 2.63. The number of hydrogen-bond donors (Lipinski definition) is 2. The van der Waals surface area contributed by atoms with Crippen molar-refractivity contribution in [3.8, 4) is 5.75 Å². The van der Waals surface area contributed by atoms with Crippen molar-refractivity contribution >= 4 is 5.97 Å². The van der Waals surface area contributed by atoms with Crippen LogP contribution in [0.3, 0.4) is 0 Å². The van der Waals surface area contributed by atoms with Crippen LogP contribution in [0.15, 0.2) is 12.1 Å². The van der Waals surface area contributed by atoms with E-state index in [0.717, 1.165) is 16.7 Å². The van der Waals surface area contributed by atoms with Crippen molar-refractivity contribution in [2.75, 3.05) is 0 Å². The molecule has 0 saturated carbocycles. The minimum absolute atomic E-state index is 0.0848. The van der Waals surface area contributed by atoms with E-state index in [-0.39, 0.29) is 23.2 Å². The van der Waals surface area contributed by atoms with Crippen molar-refractivity contribution in [3.63, 3.8) is 0 Å². The summed E-state index contributed by atoms with van der Waals surface area (Å²) in [6.45, 7) is 14.3. The maximum atomic E-state index is 11.0. The van der Waals surface area contributed by atoms with E-state index in [1.165, 1.54) is 0 Å². The maximum Gasteiger partial charge on any atom is 0.303 e. The maximum absolute atomic E-state index is 11.0. The lowest BCUT2D eigenvalue weighted by molar-refractivity contribution is -0.137. The van der Waals surface area contributed by atoms with E-state index in [1.54, 1.807) is 0 Å². The molecule has 0 amide bonds. The van der Waals surface area contributed by atoms with Gasteiger partial charge in [-0.15, -0.1) is 0 Å². The fourth-order valence-electron chi connectivity index (χ4n) is 2.63. The van der Waals surface area contributed by atoms with Crippen LogP contribution in [0.2, 0.25) is 0 Å². The lowest BCUT2D eigenvalue weighted by atomic mass is 9.75. The highest BCUT2D eigenvalue weighted by Crippen LogP contribution is 2.40. The Morgan fingerprint density at radius 1 is 1.05 bits per heavy atom. The summed E-state index contributed by atoms with van der Waals surface area (Å²) in [5.74, 6) is -0.593. The topological polar surface area (TPSA) is 57.5 Å². The first-order valence-corrected chi connectivity index (χ1v) is 7.43. The summed E-state index contributed by atoms with van der Waals surface area (Å²) in [4.78, 5) is 11.0. The van der Waals surface area contributed by atoms with Gasteiger partial charge in [0.1, 0.15) is 5.75 Å². The second kappa shape index (κ2) is 5.70. The van der Waals surface area contributed by atoms with Crippen molar-refractivity contribution in [2.24, 2.45) is 0 Å². The predicted molar refractivity (Wildman–Crippen MR) is 86.2 cm³/mol. The zero-order chi connectivity index (χ0) is 16.6. The standard InChI is InChI=1S/C18H28O3/c1-11(8-16(20)21)12-9-14(18(5,6)7)15(19)10-13(12)17(2,3)4/h9-11,19H,8H2,1-7H3,(H,20,21). The number of phenolic OH excluding ortho intramolecular Hbond substituents is 1. The van der Waals surface area contributed by atoms with Crippen LogP contribution >= 0.6 is 0 Å². The molecule has 1 aromatic carbocycles. The zero-order valence-corrected chi connectivity index (χ0v) is 14.2. The highest BCUT2D eigenvalue weighted by molar-refractivity contribution is 5.68. The van der Waals surface area contributed by atoms with Gasteiger partial charge in [0.2, 0.25) is 0 Å². The first-order valence-electron chi connectivity index (χ1n) is 7.43. The molecule has 3 nitrogen and oxygen atoms in total. The molecule has 3 heteroatoms. The number of rotatable bonds is 3. The monoisotopic (exact) mass is 292 g/mol. The fraction of sp³-hybridized carbons (Fsp3) is 0.611. The number of carboxylic acids is 1. The average molecular weight is 292 g/mol. The molecule has 2 N–H and O–H groups in total. The van der Waals surface area contributed by atoms with E-state index in [9.17, 15) is 9.90 Å². The van der Waals surface area contributed by atoms with Crippen LogP contribution in [-0.2, 0) is 15.6 Å². The van der Waals surface area contributed by atoms with E-state index in [1.807, 2.05) is 39.8 Å². The lowest BCUT2D eigenvalue weighted by Gasteiger charge is -2.29. The SMILES string of the molecule is CC(CC(=O)O)c1cc(C(C)(C)C)c(O)cc1C(C)(C)C. The molecule has 0 radical (unpaired) electrons. The normalized spacial score (nSPS) is 14.0. The second-order valence-corrected chi connectivity index (χ2v) is 7.96. The smallest absolute Gasteiger partial charge is 0.303 e. The van der Waals surface area contributed by atoms with Crippen molar-refractivity contribution in [1.82, 2.24) is 0 Å². The Labute approximate surface area is 128 Å². The van der Waals surface area contributed by atoms with Crippen LogP contribution in [-0.4, -0.2) is 16.2 Å². The van der Waals surface area contributed by atoms with Gasteiger partial charge in [-0.3, -0.25) is 4.79 Å². The van der Waals surface area contributed by atoms with Gasteiger partial charge in [-0.1, -0.05) is 54.5 Å². The Bertz CT molecular complexity index is 531. The van der Waals surface area contributed by atoms with E-state index in [2.05, 4.69) is 20.8 Å². The van der Waals surface area contributed by atoms with Gasteiger partial charge in [0, 0.05) is 0 Å². The highest BCUT2D eigenvalue weighted by atomic mass is 16.4. The first kappa shape index (κ1) is 17.5. The van der Waals surface area contributed by atoms with Crippen molar-refractivity contribution in [2.45, 2.75) is 71.6 Å². The first-order chi connectivity index (χ1) is 9.34. The molecule has 1 rings (SSSR count). The van der Waals surface area contributed by atoms with E-state index in [4.69, 9.17) is 5.11 Å². The van der Waals surface area contributed by atoms with Crippen LogP contribution in [0.5, 0.6) is 5.75 Å². The number of carbonyl (C=O) groups is 1. The molecule has 0 aromatic heterocycles. The Morgan fingerprint density at radius 2 is 1.52 bits per heavy atom. The molecular formula is C18H28O3. The summed E-state index contributed by atoms with van der Waals surface area (Å²) >= 11 is 0. The predicted octanol–water partition coefficient (Wildman–Crippen LogP) is 4.57. The summed E-state index contributed by atoms with van der Waals surface area (Å²) < 4.78 is 0. The van der Waals surface area contributed by atoms with Gasteiger partial charge in [-0.2, -0.15) is 0 Å². The molecule has 0 heterocycles. The number of phenols is 1. The van der Waals surface area contributed by atoms with E-state index < -0.39 is 5.97 Å². The van der Waals surface area contributed by atoms with Gasteiger partial charge in [0.05, 0.1) is 6.42 Å².